The molecule has 1 aliphatic heterocycles. The molecule has 2 N–H and O–H groups in total. The van der Waals surface area contributed by atoms with Gasteiger partial charge in [-0.25, -0.2) is 4.98 Å². The Balaban J connectivity index is 1.41. The Bertz CT molecular complexity index is 874. The lowest BCUT2D eigenvalue weighted by Gasteiger charge is -2.09. The van der Waals surface area contributed by atoms with Crippen LogP contribution in [0, 0.1) is 5.92 Å². The lowest BCUT2D eigenvalue weighted by molar-refractivity contribution is -0.119. The third kappa shape index (κ3) is 3.89. The van der Waals surface area contributed by atoms with Crippen molar-refractivity contribution in [2.24, 2.45) is 5.92 Å². The topological polar surface area (TPSA) is 76.1 Å². The maximum Gasteiger partial charge on any atom is 0.229 e. The van der Waals surface area contributed by atoms with Crippen LogP contribution in [0.15, 0.2) is 54.2 Å². The first kappa shape index (κ1) is 16.7. The maximum absolute atomic E-state index is 12.1. The van der Waals surface area contributed by atoms with Gasteiger partial charge < -0.3 is 15.4 Å². The molecule has 1 atom stereocenters. The number of hydrogen-bond acceptors (Lipinski definition) is 6. The third-order valence-electron chi connectivity index (χ3n) is 4.17. The molecule has 3 aromatic rings. The van der Waals surface area contributed by atoms with Gasteiger partial charge in [0, 0.05) is 29.4 Å². The minimum atomic E-state index is -0.0469. The molecule has 132 valence electrons. The summed E-state index contributed by atoms with van der Waals surface area (Å²) in [4.78, 5) is 20.8. The zero-order valence-corrected chi connectivity index (χ0v) is 14.8. The highest BCUT2D eigenvalue weighted by atomic mass is 32.1. The lowest BCUT2D eigenvalue weighted by Crippen LogP contribution is -2.22. The highest BCUT2D eigenvalue weighted by Gasteiger charge is 2.23. The lowest BCUT2D eigenvalue weighted by atomic mass is 10.1. The van der Waals surface area contributed by atoms with E-state index in [2.05, 4.69) is 20.6 Å². The molecule has 0 radical (unpaired) electrons. The predicted molar refractivity (Wildman–Crippen MR) is 103 cm³/mol. The van der Waals surface area contributed by atoms with Crippen LogP contribution in [0.3, 0.4) is 0 Å². The van der Waals surface area contributed by atoms with Crippen LogP contribution in [0.5, 0.6) is 0 Å². The Morgan fingerprint density at radius 1 is 1.19 bits per heavy atom. The van der Waals surface area contributed by atoms with E-state index in [4.69, 9.17) is 4.74 Å². The van der Waals surface area contributed by atoms with Crippen LogP contribution in [-0.2, 0) is 9.53 Å². The van der Waals surface area contributed by atoms with Gasteiger partial charge in [0.1, 0.15) is 0 Å². The predicted octanol–water partition coefficient (Wildman–Crippen LogP) is 3.92. The summed E-state index contributed by atoms with van der Waals surface area (Å²) in [7, 11) is 0. The van der Waals surface area contributed by atoms with E-state index < -0.39 is 0 Å². The SMILES string of the molecule is O=C(Nc1ccc(-c2csc(Nc3cccnc3)n2)cc1)C1CCOC1. The second-order valence-corrected chi connectivity index (χ2v) is 6.89. The van der Waals surface area contributed by atoms with Gasteiger partial charge in [0.05, 0.1) is 30.1 Å². The number of nitrogens with one attached hydrogen (secondary N) is 2. The number of thiazole rings is 1. The molecule has 3 heterocycles. The summed E-state index contributed by atoms with van der Waals surface area (Å²) >= 11 is 1.54. The fraction of sp³-hybridized carbons (Fsp3) is 0.211. The van der Waals surface area contributed by atoms with E-state index >= 15 is 0 Å². The summed E-state index contributed by atoms with van der Waals surface area (Å²) in [5, 5.41) is 9.00. The number of rotatable bonds is 5. The summed E-state index contributed by atoms with van der Waals surface area (Å²) in [5.74, 6) is -0.0267. The monoisotopic (exact) mass is 366 g/mol. The molecule has 1 amide bonds. The van der Waals surface area contributed by atoms with Crippen molar-refractivity contribution in [3.05, 3.63) is 54.2 Å². The number of aromatic nitrogens is 2. The first-order chi connectivity index (χ1) is 12.8. The first-order valence-electron chi connectivity index (χ1n) is 8.39. The van der Waals surface area contributed by atoms with Crippen LogP contribution in [0.1, 0.15) is 6.42 Å². The number of amides is 1. The first-order valence-corrected chi connectivity index (χ1v) is 9.27. The van der Waals surface area contributed by atoms with Gasteiger partial charge in [-0.3, -0.25) is 9.78 Å². The fourth-order valence-electron chi connectivity index (χ4n) is 2.73. The highest BCUT2D eigenvalue weighted by Crippen LogP contribution is 2.28. The minimum Gasteiger partial charge on any atom is -0.381 e. The fourth-order valence-corrected chi connectivity index (χ4v) is 3.47. The molecular formula is C19H18N4O2S. The van der Waals surface area contributed by atoms with Crippen LogP contribution in [0.4, 0.5) is 16.5 Å². The van der Waals surface area contributed by atoms with E-state index in [1.807, 2.05) is 41.8 Å². The van der Waals surface area contributed by atoms with Gasteiger partial charge in [0.2, 0.25) is 5.91 Å². The number of anilines is 3. The number of nitrogens with zero attached hydrogens (tertiary/aromatic N) is 2. The van der Waals surface area contributed by atoms with Crippen molar-refractivity contribution in [1.82, 2.24) is 9.97 Å². The van der Waals surface area contributed by atoms with E-state index in [1.54, 1.807) is 12.4 Å². The Kier molecular flexibility index (Phi) is 4.90. The maximum atomic E-state index is 12.1. The molecule has 6 nitrogen and oxygen atoms in total. The van der Waals surface area contributed by atoms with Crippen molar-refractivity contribution in [2.45, 2.75) is 6.42 Å². The Morgan fingerprint density at radius 3 is 2.81 bits per heavy atom. The molecule has 1 aromatic carbocycles. The summed E-state index contributed by atoms with van der Waals surface area (Å²) in [6.45, 7) is 1.17. The highest BCUT2D eigenvalue weighted by molar-refractivity contribution is 7.14. The molecule has 1 saturated heterocycles. The van der Waals surface area contributed by atoms with E-state index in [0.717, 1.165) is 34.2 Å². The molecular weight excluding hydrogens is 348 g/mol. The normalized spacial score (nSPS) is 16.4. The van der Waals surface area contributed by atoms with Crippen LogP contribution in [0.25, 0.3) is 11.3 Å². The number of carbonyl (C=O) groups excluding carboxylic acids is 1. The summed E-state index contributed by atoms with van der Waals surface area (Å²) in [5.41, 5.74) is 3.59. The van der Waals surface area contributed by atoms with Crippen molar-refractivity contribution in [3.8, 4) is 11.3 Å². The average molecular weight is 366 g/mol. The van der Waals surface area contributed by atoms with Crippen molar-refractivity contribution in [2.75, 3.05) is 23.8 Å². The molecule has 0 saturated carbocycles. The number of benzene rings is 1. The third-order valence-corrected chi connectivity index (χ3v) is 4.92. The van der Waals surface area contributed by atoms with Crippen LogP contribution >= 0.6 is 11.3 Å². The second kappa shape index (κ2) is 7.63. The van der Waals surface area contributed by atoms with Gasteiger partial charge >= 0.3 is 0 Å². The molecule has 1 fully saturated rings. The van der Waals surface area contributed by atoms with Gasteiger partial charge in [0.25, 0.3) is 0 Å². The quantitative estimate of drug-likeness (QED) is 0.716. The zero-order valence-electron chi connectivity index (χ0n) is 14.0. The smallest absolute Gasteiger partial charge is 0.229 e. The zero-order chi connectivity index (χ0) is 17.8. The molecule has 1 unspecified atom stereocenters. The van der Waals surface area contributed by atoms with Crippen molar-refractivity contribution in [1.29, 1.82) is 0 Å². The van der Waals surface area contributed by atoms with Gasteiger partial charge in [-0.2, -0.15) is 0 Å². The molecule has 1 aliphatic rings. The van der Waals surface area contributed by atoms with Gasteiger partial charge in [-0.05, 0) is 30.7 Å². The molecule has 0 spiro atoms. The van der Waals surface area contributed by atoms with Gasteiger partial charge in [-0.1, -0.05) is 12.1 Å². The van der Waals surface area contributed by atoms with Crippen molar-refractivity contribution >= 4 is 33.8 Å². The number of carbonyl (C=O) groups is 1. The second-order valence-electron chi connectivity index (χ2n) is 6.03. The van der Waals surface area contributed by atoms with E-state index in [-0.39, 0.29) is 11.8 Å². The number of pyridine rings is 1. The van der Waals surface area contributed by atoms with Crippen molar-refractivity contribution in [3.63, 3.8) is 0 Å². The molecule has 26 heavy (non-hydrogen) atoms. The number of ether oxygens (including phenoxy) is 1. The van der Waals surface area contributed by atoms with Crippen LogP contribution in [0.2, 0.25) is 0 Å². The number of hydrogen-bond donors (Lipinski definition) is 2. The Hall–Kier alpha value is -2.77. The van der Waals surface area contributed by atoms with Crippen molar-refractivity contribution < 1.29 is 9.53 Å². The van der Waals surface area contributed by atoms with E-state index in [1.165, 1.54) is 11.3 Å². The van der Waals surface area contributed by atoms with E-state index in [9.17, 15) is 4.79 Å². The molecule has 0 bridgehead atoms. The summed E-state index contributed by atoms with van der Waals surface area (Å²) < 4.78 is 5.26. The van der Waals surface area contributed by atoms with Gasteiger partial charge in [-0.15, -0.1) is 11.3 Å². The van der Waals surface area contributed by atoms with Crippen LogP contribution < -0.4 is 10.6 Å². The summed E-state index contributed by atoms with van der Waals surface area (Å²) in [6, 6.07) is 11.5. The van der Waals surface area contributed by atoms with Gasteiger partial charge in [0.15, 0.2) is 5.13 Å². The largest absolute Gasteiger partial charge is 0.381 e. The molecule has 4 rings (SSSR count). The average Bonchev–Trinajstić information content (AvgIpc) is 3.35. The van der Waals surface area contributed by atoms with E-state index in [0.29, 0.717) is 13.2 Å². The minimum absolute atomic E-state index is 0.0202. The standard InChI is InChI=1S/C19H18N4O2S/c24-18(14-7-9-25-11-14)21-15-5-3-13(4-6-15)17-12-26-19(23-17)22-16-2-1-8-20-10-16/h1-6,8,10,12,14H,7,9,11H2,(H,21,24)(H,22,23). The molecule has 2 aromatic heterocycles. The summed E-state index contributed by atoms with van der Waals surface area (Å²) in [6.07, 6.45) is 4.28. The molecule has 0 aliphatic carbocycles. The Morgan fingerprint density at radius 2 is 2.08 bits per heavy atom. The Labute approximate surface area is 155 Å². The van der Waals surface area contributed by atoms with Crippen LogP contribution in [-0.4, -0.2) is 29.1 Å². The molecule has 7 heteroatoms.